The van der Waals surface area contributed by atoms with Gasteiger partial charge in [0.2, 0.25) is 0 Å². The molecule has 0 aliphatic carbocycles. The van der Waals surface area contributed by atoms with Gasteiger partial charge in [-0.2, -0.15) is 0 Å². The van der Waals surface area contributed by atoms with Crippen LogP contribution in [0.15, 0.2) is 29.7 Å². The van der Waals surface area contributed by atoms with Gasteiger partial charge in [-0.3, -0.25) is 4.79 Å². The minimum Gasteiger partial charge on any atom is -0.298 e. The van der Waals surface area contributed by atoms with Crippen molar-refractivity contribution in [3.05, 3.63) is 40.8 Å². The summed E-state index contributed by atoms with van der Waals surface area (Å²) in [6, 6.07) is 6.79. The average molecular weight is 210 g/mol. The molecule has 0 saturated carbocycles. The third-order valence-corrected chi connectivity index (χ3v) is 2.25. The van der Waals surface area contributed by atoms with Crippen LogP contribution >= 0.6 is 0 Å². The summed E-state index contributed by atoms with van der Waals surface area (Å²) in [6.07, 6.45) is 3.22. The summed E-state index contributed by atoms with van der Waals surface area (Å²) in [5, 5.41) is 1.08. The Morgan fingerprint density at radius 1 is 1.14 bits per heavy atom. The van der Waals surface area contributed by atoms with Crippen molar-refractivity contribution in [1.82, 2.24) is 0 Å². The van der Waals surface area contributed by atoms with E-state index in [2.05, 4.69) is 0 Å². The molecule has 1 rings (SSSR count). The fourth-order valence-corrected chi connectivity index (χ4v) is 1.36. The van der Waals surface area contributed by atoms with Gasteiger partial charge in [-0.05, 0) is 11.6 Å². The minimum absolute atomic E-state index is 0.479. The second-order valence-corrected chi connectivity index (χ2v) is 4.81. The van der Waals surface area contributed by atoms with Crippen LogP contribution in [-0.4, -0.2) is 21.0 Å². The van der Waals surface area contributed by atoms with Gasteiger partial charge in [-0.1, -0.05) is 24.3 Å². The van der Waals surface area contributed by atoms with Crippen molar-refractivity contribution in [3.8, 4) is 0 Å². The van der Waals surface area contributed by atoms with Gasteiger partial charge in [0.15, 0.2) is 16.1 Å². The van der Waals surface area contributed by atoms with Crippen molar-refractivity contribution < 1.29 is 13.2 Å². The lowest BCUT2D eigenvalue weighted by atomic mass is 10.1. The van der Waals surface area contributed by atoms with E-state index < -0.39 is 9.84 Å². The zero-order chi connectivity index (χ0) is 10.6. The van der Waals surface area contributed by atoms with Crippen LogP contribution in [0.4, 0.5) is 0 Å². The molecule has 0 amide bonds. The van der Waals surface area contributed by atoms with Crippen LogP contribution in [0.3, 0.4) is 0 Å². The summed E-state index contributed by atoms with van der Waals surface area (Å²) in [5.74, 6) is 0. The molecule has 14 heavy (non-hydrogen) atoms. The molecule has 3 nitrogen and oxygen atoms in total. The number of hydrogen-bond donors (Lipinski definition) is 0. The molecule has 0 fully saturated rings. The maximum Gasteiger partial charge on any atom is 0.168 e. The van der Waals surface area contributed by atoms with E-state index in [0.29, 0.717) is 17.4 Å². The Balaban J connectivity index is 3.09. The van der Waals surface area contributed by atoms with Gasteiger partial charge in [-0.15, -0.1) is 0 Å². The van der Waals surface area contributed by atoms with Crippen molar-refractivity contribution in [2.24, 2.45) is 0 Å². The smallest absolute Gasteiger partial charge is 0.168 e. The number of sulfone groups is 1. The van der Waals surface area contributed by atoms with E-state index in [0.717, 1.165) is 11.7 Å². The minimum atomic E-state index is -3.14. The van der Waals surface area contributed by atoms with Gasteiger partial charge in [-0.25, -0.2) is 8.42 Å². The van der Waals surface area contributed by atoms with Gasteiger partial charge in [0.05, 0.1) is 0 Å². The number of rotatable bonds is 3. The number of aldehydes is 1. The summed E-state index contributed by atoms with van der Waals surface area (Å²) < 4.78 is 21.7. The van der Waals surface area contributed by atoms with Crippen molar-refractivity contribution >= 4 is 22.2 Å². The Morgan fingerprint density at radius 2 is 1.71 bits per heavy atom. The lowest BCUT2D eigenvalue weighted by Gasteiger charge is -1.96. The number of hydrogen-bond acceptors (Lipinski definition) is 3. The first-order valence-corrected chi connectivity index (χ1v) is 5.91. The quantitative estimate of drug-likeness (QED) is 0.710. The van der Waals surface area contributed by atoms with Gasteiger partial charge in [0.25, 0.3) is 0 Å². The van der Waals surface area contributed by atoms with E-state index in [1.807, 2.05) is 0 Å². The van der Waals surface area contributed by atoms with Crippen LogP contribution in [0.1, 0.15) is 15.9 Å². The number of benzene rings is 1. The third-order valence-electron chi connectivity index (χ3n) is 1.62. The fourth-order valence-electron chi connectivity index (χ4n) is 0.967. The molecule has 0 aromatic heterocycles. The monoisotopic (exact) mass is 210 g/mol. The fraction of sp³-hybridized carbons (Fsp3) is 0.100. The summed E-state index contributed by atoms with van der Waals surface area (Å²) in [4.78, 5) is 10.6. The first-order chi connectivity index (χ1) is 6.53. The maximum atomic E-state index is 10.8. The largest absolute Gasteiger partial charge is 0.298 e. The van der Waals surface area contributed by atoms with Crippen molar-refractivity contribution in [3.63, 3.8) is 0 Å². The molecule has 0 heterocycles. The molecule has 0 unspecified atom stereocenters. The Morgan fingerprint density at radius 3 is 2.21 bits per heavy atom. The van der Waals surface area contributed by atoms with E-state index in [9.17, 15) is 13.2 Å². The summed E-state index contributed by atoms with van der Waals surface area (Å²) in [6.45, 7) is 0. The molecular formula is C10H10O3S. The van der Waals surface area contributed by atoms with E-state index >= 15 is 0 Å². The molecule has 1 aromatic rings. The van der Waals surface area contributed by atoms with Gasteiger partial charge in [0.1, 0.15) is 0 Å². The predicted octanol–water partition coefficient (Wildman–Crippen LogP) is 1.51. The lowest BCUT2D eigenvalue weighted by molar-refractivity contribution is 0.112. The van der Waals surface area contributed by atoms with Crippen LogP contribution in [0.5, 0.6) is 0 Å². The zero-order valence-electron chi connectivity index (χ0n) is 7.67. The highest BCUT2D eigenvalue weighted by molar-refractivity contribution is 7.93. The molecule has 0 radical (unpaired) electrons. The molecule has 0 bridgehead atoms. The summed E-state index contributed by atoms with van der Waals surface area (Å²) >= 11 is 0. The Kier molecular flexibility index (Phi) is 3.19. The molecule has 74 valence electrons. The zero-order valence-corrected chi connectivity index (χ0v) is 8.49. The normalized spacial score (nSPS) is 11.8. The standard InChI is InChI=1S/C10H10O3S/c1-14(12,13)7-6-9-4-2-3-5-10(9)8-11/h2-8H,1H3/b7-6+. The van der Waals surface area contributed by atoms with Crippen LogP contribution in [-0.2, 0) is 9.84 Å². The van der Waals surface area contributed by atoms with Crippen LogP contribution in [0, 0.1) is 0 Å². The first kappa shape index (κ1) is 10.7. The third kappa shape index (κ3) is 3.14. The Bertz CT molecular complexity index is 458. The molecule has 0 aliphatic rings. The average Bonchev–Trinajstić information content (AvgIpc) is 2.14. The SMILES string of the molecule is CS(=O)(=O)/C=C/c1ccccc1C=O. The van der Waals surface area contributed by atoms with E-state index in [1.165, 1.54) is 6.08 Å². The van der Waals surface area contributed by atoms with Gasteiger partial charge < -0.3 is 0 Å². The van der Waals surface area contributed by atoms with Crippen LogP contribution in [0.25, 0.3) is 6.08 Å². The maximum absolute atomic E-state index is 10.8. The molecule has 0 saturated heterocycles. The van der Waals surface area contributed by atoms with E-state index in [-0.39, 0.29) is 0 Å². The molecule has 4 heteroatoms. The summed E-state index contributed by atoms with van der Waals surface area (Å²) in [7, 11) is -3.14. The second-order valence-electron chi connectivity index (χ2n) is 2.88. The molecule has 0 atom stereocenters. The van der Waals surface area contributed by atoms with Gasteiger partial charge >= 0.3 is 0 Å². The second kappa shape index (κ2) is 4.19. The van der Waals surface area contributed by atoms with E-state index in [4.69, 9.17) is 0 Å². The van der Waals surface area contributed by atoms with Gasteiger partial charge in [0, 0.05) is 17.2 Å². The first-order valence-electron chi connectivity index (χ1n) is 3.95. The molecule has 0 spiro atoms. The van der Waals surface area contributed by atoms with Crippen LogP contribution < -0.4 is 0 Å². The molecule has 1 aromatic carbocycles. The topological polar surface area (TPSA) is 51.2 Å². The highest BCUT2D eigenvalue weighted by Gasteiger charge is 1.98. The Labute approximate surface area is 83.0 Å². The highest BCUT2D eigenvalue weighted by atomic mass is 32.2. The number of carbonyl (C=O) groups is 1. The Hall–Kier alpha value is -1.42. The molecule has 0 aliphatic heterocycles. The lowest BCUT2D eigenvalue weighted by Crippen LogP contribution is -1.89. The number of carbonyl (C=O) groups excluding carboxylic acids is 1. The van der Waals surface area contributed by atoms with Crippen molar-refractivity contribution in [1.29, 1.82) is 0 Å². The highest BCUT2D eigenvalue weighted by Crippen LogP contribution is 2.08. The predicted molar refractivity (Wildman–Crippen MR) is 55.7 cm³/mol. The molecule has 0 N–H and O–H groups in total. The van der Waals surface area contributed by atoms with Crippen molar-refractivity contribution in [2.75, 3.05) is 6.26 Å². The summed E-state index contributed by atoms with van der Waals surface area (Å²) in [5.41, 5.74) is 1.08. The van der Waals surface area contributed by atoms with E-state index in [1.54, 1.807) is 24.3 Å². The van der Waals surface area contributed by atoms with Crippen molar-refractivity contribution in [2.45, 2.75) is 0 Å². The van der Waals surface area contributed by atoms with Crippen LogP contribution in [0.2, 0.25) is 0 Å². The molecular weight excluding hydrogens is 200 g/mol.